The highest BCUT2D eigenvalue weighted by atomic mass is 32.2. The average Bonchev–Trinajstić information content (AvgIpc) is 3.76. The lowest BCUT2D eigenvalue weighted by Gasteiger charge is -2.19. The lowest BCUT2D eigenvalue weighted by Crippen LogP contribution is -2.35. The minimum absolute atomic E-state index is 0.157. The Morgan fingerprint density at radius 3 is 2.23 bits per heavy atom. The molecule has 0 fully saturated rings. The summed E-state index contributed by atoms with van der Waals surface area (Å²) in [6, 6.07) is 6.05. The van der Waals surface area contributed by atoms with Crippen molar-refractivity contribution < 1.29 is 35.2 Å². The van der Waals surface area contributed by atoms with E-state index in [-0.39, 0.29) is 12.8 Å². The topological polar surface area (TPSA) is 143 Å². The van der Waals surface area contributed by atoms with Gasteiger partial charge in [-0.15, -0.1) is 11.3 Å². The Morgan fingerprint density at radius 1 is 0.979 bits per heavy atom. The molecule has 10 nitrogen and oxygen atoms in total. The van der Waals surface area contributed by atoms with E-state index in [1.54, 1.807) is 34.0 Å². The molecule has 3 aromatic heterocycles. The summed E-state index contributed by atoms with van der Waals surface area (Å²) in [5.74, 6) is 0.327. The Kier molecular flexibility index (Phi) is 15.1. The summed E-state index contributed by atoms with van der Waals surface area (Å²) >= 11 is 4.95. The van der Waals surface area contributed by atoms with Crippen molar-refractivity contribution in [3.05, 3.63) is 57.2 Å². The fourth-order valence-corrected chi connectivity index (χ4v) is 9.72. The number of hydrogen-bond donors (Lipinski definition) is 1. The van der Waals surface area contributed by atoms with Crippen LogP contribution >= 0.6 is 34.0 Å². The van der Waals surface area contributed by atoms with Crippen LogP contribution in [0.5, 0.6) is 5.75 Å². The number of allylic oxidation sites excluding steroid dienone is 2. The third kappa shape index (κ3) is 10.8. The van der Waals surface area contributed by atoms with Crippen LogP contribution in [0.1, 0.15) is 70.0 Å². The number of hydrogen-bond acceptors (Lipinski definition) is 12. The number of rotatable bonds is 13. The molecule has 1 aliphatic rings. The molecule has 0 bridgehead atoms. The summed E-state index contributed by atoms with van der Waals surface area (Å²) in [7, 11) is -8.65. The number of thiazole rings is 1. The van der Waals surface area contributed by atoms with Gasteiger partial charge in [-0.2, -0.15) is 4.57 Å². The Morgan fingerprint density at radius 2 is 1.62 bits per heavy atom. The highest BCUT2D eigenvalue weighted by Gasteiger charge is 2.28. The number of aromatic nitrogens is 1. The van der Waals surface area contributed by atoms with Crippen molar-refractivity contribution in [3.63, 3.8) is 0 Å². The second-order valence-electron chi connectivity index (χ2n) is 10.9. The van der Waals surface area contributed by atoms with Crippen molar-refractivity contribution in [1.29, 1.82) is 0 Å². The summed E-state index contributed by atoms with van der Waals surface area (Å²) < 4.78 is 78.3. The highest BCUT2D eigenvalue weighted by molar-refractivity contribution is 7.85. The van der Waals surface area contributed by atoms with Crippen LogP contribution in [0, 0.1) is 13.8 Å². The van der Waals surface area contributed by atoms with E-state index in [4.69, 9.17) is 4.74 Å². The molecule has 1 aliphatic heterocycles. The minimum atomic E-state index is -4.34. The van der Waals surface area contributed by atoms with Crippen molar-refractivity contribution in [2.75, 3.05) is 36.0 Å². The molecule has 4 aromatic rings. The van der Waals surface area contributed by atoms with Crippen molar-refractivity contribution >= 4 is 84.9 Å². The zero-order valence-electron chi connectivity index (χ0n) is 28.6. The minimum Gasteiger partial charge on any atom is -0.748 e. The lowest BCUT2D eigenvalue weighted by molar-refractivity contribution is -0.666. The first-order chi connectivity index (χ1) is 22.7. The monoisotopic (exact) mass is 756 g/mol. The van der Waals surface area contributed by atoms with Crippen LogP contribution in [0.15, 0.2) is 41.1 Å². The standard InChI is InChI=1S/C27H30N2O7S5.C4H11N.C2H6/c1-4-19(15-23-28(8-5-11-40(30,31)32)21-13-17(2)18(3)14-22(21)36-23)16-24-29(9-6-12-41(33,34)35)26-25(38-24)20-7-10-37-27(20)39-26;1-3-5-4-2;1-2/h7,10,13-16H,4-6,8-9,11-12H2,1-3H3,(H-,30,31,32,33,34,35);5H,3-4H2,1-2H3;1-2H3/p-1. The zero-order valence-corrected chi connectivity index (χ0v) is 32.7. The fourth-order valence-electron chi connectivity index (χ4n) is 4.95. The molecule has 48 heavy (non-hydrogen) atoms. The SMILES string of the molecule is CC.CCC(=Cc1sc2c3ccsc3sc2[n+]1CCCS(=O)(=O)[O-])C=C1Oc2cc(C)c(C)cc2N1CCCS(=O)(=O)[O-].CCNCC. The Balaban J connectivity index is 0.000000818. The number of aryl methyl sites for hydroxylation is 3. The molecule has 0 amide bonds. The molecular formula is C33H46N3O7S5-. The van der Waals surface area contributed by atoms with E-state index < -0.39 is 31.7 Å². The van der Waals surface area contributed by atoms with Gasteiger partial charge in [0, 0.05) is 42.0 Å². The molecule has 0 saturated carbocycles. The van der Waals surface area contributed by atoms with Gasteiger partial charge in [-0.25, -0.2) is 16.8 Å². The van der Waals surface area contributed by atoms with Crippen LogP contribution < -0.4 is 19.5 Å². The van der Waals surface area contributed by atoms with Gasteiger partial charge >= 0.3 is 0 Å². The highest BCUT2D eigenvalue weighted by Crippen LogP contribution is 2.42. The molecule has 1 N–H and O–H groups in total. The average molecular weight is 757 g/mol. The number of benzene rings is 1. The summed E-state index contributed by atoms with van der Waals surface area (Å²) in [4.78, 5) is 2.95. The quantitative estimate of drug-likeness (QED) is 0.111. The van der Waals surface area contributed by atoms with E-state index in [0.29, 0.717) is 31.1 Å². The molecule has 266 valence electrons. The van der Waals surface area contributed by atoms with Gasteiger partial charge in [0.15, 0.2) is 12.3 Å². The number of ether oxygens (including phenoxy) is 1. The summed E-state index contributed by atoms with van der Waals surface area (Å²) in [5.41, 5.74) is 3.91. The normalized spacial score (nSPS) is 14.1. The second-order valence-corrected chi connectivity index (χ2v) is 17.1. The molecular weight excluding hydrogens is 711 g/mol. The maximum atomic E-state index is 11.3. The number of fused-ring (bicyclic) bond motifs is 4. The van der Waals surface area contributed by atoms with Crippen molar-refractivity contribution in [1.82, 2.24) is 5.32 Å². The van der Waals surface area contributed by atoms with Crippen LogP contribution in [0.4, 0.5) is 5.69 Å². The first-order valence-electron chi connectivity index (χ1n) is 16.1. The molecule has 1 aromatic carbocycles. The lowest BCUT2D eigenvalue weighted by atomic mass is 10.1. The Labute approximate surface area is 297 Å². The van der Waals surface area contributed by atoms with Gasteiger partial charge in [-0.05, 0) is 80.1 Å². The van der Waals surface area contributed by atoms with Crippen LogP contribution in [0.2, 0.25) is 0 Å². The van der Waals surface area contributed by atoms with Gasteiger partial charge < -0.3 is 24.1 Å². The summed E-state index contributed by atoms with van der Waals surface area (Å²) in [5, 5.41) is 7.26. The fraction of sp³-hybridized carbons (Fsp3) is 0.485. The predicted octanol–water partition coefficient (Wildman–Crippen LogP) is 7.13. The molecule has 0 spiro atoms. The Bertz CT molecular complexity index is 1950. The molecule has 4 heterocycles. The predicted molar refractivity (Wildman–Crippen MR) is 199 cm³/mol. The molecule has 0 unspecified atom stereocenters. The third-order valence-corrected chi connectivity index (χ3v) is 12.5. The smallest absolute Gasteiger partial charge is 0.282 e. The van der Waals surface area contributed by atoms with Crippen LogP contribution in [-0.4, -0.2) is 57.1 Å². The molecule has 0 radical (unpaired) electrons. The maximum absolute atomic E-state index is 11.3. The van der Waals surface area contributed by atoms with Gasteiger partial charge in [0.25, 0.3) is 9.84 Å². The first kappa shape index (κ1) is 40.1. The van der Waals surface area contributed by atoms with Crippen molar-refractivity contribution in [2.24, 2.45) is 0 Å². The van der Waals surface area contributed by atoms with E-state index in [9.17, 15) is 25.9 Å². The largest absolute Gasteiger partial charge is 0.748 e. The number of anilines is 1. The van der Waals surface area contributed by atoms with E-state index in [0.717, 1.165) is 50.0 Å². The van der Waals surface area contributed by atoms with Gasteiger partial charge in [-0.1, -0.05) is 57.3 Å². The van der Waals surface area contributed by atoms with Crippen LogP contribution in [-0.2, 0) is 26.8 Å². The second kappa shape index (κ2) is 18.0. The van der Waals surface area contributed by atoms with Gasteiger partial charge in [0.05, 0.1) is 29.9 Å². The molecule has 15 heteroatoms. The number of thiophene rings is 2. The van der Waals surface area contributed by atoms with Crippen LogP contribution in [0.25, 0.3) is 25.0 Å². The van der Waals surface area contributed by atoms with Crippen molar-refractivity contribution in [3.8, 4) is 5.75 Å². The zero-order chi connectivity index (χ0) is 35.6. The van der Waals surface area contributed by atoms with Crippen LogP contribution in [0.3, 0.4) is 0 Å². The summed E-state index contributed by atoms with van der Waals surface area (Å²) in [6.45, 7) is 17.1. The summed E-state index contributed by atoms with van der Waals surface area (Å²) in [6.07, 6.45) is 5.02. The van der Waals surface area contributed by atoms with Crippen molar-refractivity contribution in [2.45, 2.75) is 74.3 Å². The van der Waals surface area contributed by atoms with E-state index in [1.165, 1.54) is 9.40 Å². The van der Waals surface area contributed by atoms with E-state index >= 15 is 0 Å². The maximum Gasteiger partial charge on any atom is 0.282 e. The third-order valence-electron chi connectivity index (χ3n) is 7.40. The van der Waals surface area contributed by atoms with E-state index in [1.807, 2.05) is 57.7 Å². The molecule has 0 atom stereocenters. The Hall–Kier alpha value is -2.37. The number of nitrogens with one attached hydrogen (secondary N) is 1. The first-order valence-corrected chi connectivity index (χ1v) is 21.8. The van der Waals surface area contributed by atoms with E-state index in [2.05, 4.69) is 41.3 Å². The molecule has 0 saturated heterocycles. The van der Waals surface area contributed by atoms with Gasteiger partial charge in [0.1, 0.15) is 4.70 Å². The van der Waals surface area contributed by atoms with Gasteiger partial charge in [-0.3, -0.25) is 0 Å². The molecule has 0 aliphatic carbocycles. The van der Waals surface area contributed by atoms with Gasteiger partial charge in [0.2, 0.25) is 5.88 Å². The molecule has 5 rings (SSSR count). The number of nitrogens with zero attached hydrogens (tertiary/aromatic N) is 2.